The molecule has 2 heterocycles. The summed E-state index contributed by atoms with van der Waals surface area (Å²) in [5, 5.41) is 0. The molecule has 0 amide bonds. The van der Waals surface area contributed by atoms with E-state index in [0.29, 0.717) is 111 Å². The largest absolute Gasteiger partial charge is 0.493 e. The Morgan fingerprint density at radius 2 is 0.889 bits per heavy atom. The number of allylic oxidation sites excluding steroid dienone is 2. The molecule has 2 aromatic heterocycles. The second-order valence-corrected chi connectivity index (χ2v) is 18.3. The van der Waals surface area contributed by atoms with Crippen LogP contribution < -0.4 is 14.2 Å². The summed E-state index contributed by atoms with van der Waals surface area (Å²) in [6, 6.07) is 13.8. The number of halogens is 6. The SMILES string of the molecule is C=CC(=O)OCCCOc1ccc(-c2cc(C3=C(c4cc(-c5cc(OCCOCCOCCOCCOC)cc(OCCOCCOCCOCCOC)c5)sc4C)C(F)(F)C(F)(F)C3(F)F)c(C)s2)cc1. The molecule has 0 fully saturated rings. The predicted molar refractivity (Wildman–Crippen MR) is 262 cm³/mol. The molecule has 0 radical (unpaired) electrons. The zero-order valence-electron chi connectivity index (χ0n) is 40.8. The highest BCUT2D eigenvalue weighted by Gasteiger charge is 2.80. The van der Waals surface area contributed by atoms with Gasteiger partial charge in [0.25, 0.3) is 0 Å². The highest BCUT2D eigenvalue weighted by Crippen LogP contribution is 2.66. The Labute approximate surface area is 423 Å². The van der Waals surface area contributed by atoms with Crippen LogP contribution in [0.25, 0.3) is 32.0 Å². The van der Waals surface area contributed by atoms with Crippen molar-refractivity contribution in [3.63, 3.8) is 0 Å². The minimum absolute atomic E-state index is 0.0986. The molecular weight excluding hydrogens is 999 g/mol. The van der Waals surface area contributed by atoms with E-state index in [2.05, 4.69) is 6.58 Å². The van der Waals surface area contributed by atoms with Crippen LogP contribution in [-0.4, -0.2) is 157 Å². The number of aryl methyl sites for hydroxylation is 2. The molecule has 1 aliphatic rings. The Hall–Kier alpha value is -4.55. The topological polar surface area (TPSA) is 128 Å². The van der Waals surface area contributed by atoms with Gasteiger partial charge in [0.05, 0.1) is 106 Å². The van der Waals surface area contributed by atoms with Gasteiger partial charge in [-0.15, -0.1) is 22.7 Å². The smallest absolute Gasteiger partial charge is 0.380 e. The third kappa shape index (κ3) is 16.2. The average molecular weight is 1060 g/mol. The maximum absolute atomic E-state index is 16.2. The molecule has 0 aliphatic heterocycles. The van der Waals surface area contributed by atoms with Crippen molar-refractivity contribution in [3.05, 3.63) is 88.1 Å². The molecule has 13 nitrogen and oxygen atoms in total. The Morgan fingerprint density at radius 1 is 0.500 bits per heavy atom. The van der Waals surface area contributed by atoms with Gasteiger partial charge in [-0.3, -0.25) is 0 Å². The number of thiophene rings is 2. The van der Waals surface area contributed by atoms with Gasteiger partial charge in [-0.25, -0.2) is 4.79 Å². The van der Waals surface area contributed by atoms with E-state index in [1.165, 1.54) is 26.0 Å². The molecule has 0 atom stereocenters. The number of benzene rings is 2. The van der Waals surface area contributed by atoms with Gasteiger partial charge in [-0.2, -0.15) is 26.3 Å². The van der Waals surface area contributed by atoms with E-state index in [-0.39, 0.29) is 62.6 Å². The van der Waals surface area contributed by atoms with Crippen LogP contribution in [-0.2, 0) is 47.4 Å². The van der Waals surface area contributed by atoms with E-state index < -0.39 is 46.0 Å². The Kier molecular flexibility index (Phi) is 23.8. The number of rotatable bonds is 36. The van der Waals surface area contributed by atoms with Crippen LogP contribution in [0.1, 0.15) is 27.3 Å². The summed E-state index contributed by atoms with van der Waals surface area (Å²) in [4.78, 5) is 12.2. The minimum atomic E-state index is -5.76. The molecule has 398 valence electrons. The van der Waals surface area contributed by atoms with Gasteiger partial charge in [0.1, 0.15) is 30.5 Å². The summed E-state index contributed by atoms with van der Waals surface area (Å²) < 4.78 is 161. The number of esters is 1. The lowest BCUT2D eigenvalue weighted by molar-refractivity contribution is -0.254. The van der Waals surface area contributed by atoms with E-state index in [9.17, 15) is 4.79 Å². The van der Waals surface area contributed by atoms with Crippen LogP contribution in [0.3, 0.4) is 0 Å². The van der Waals surface area contributed by atoms with E-state index >= 15 is 26.3 Å². The lowest BCUT2D eigenvalue weighted by Gasteiger charge is -2.25. The highest BCUT2D eigenvalue weighted by molar-refractivity contribution is 7.16. The first-order valence-corrected chi connectivity index (χ1v) is 24.8. The second-order valence-electron chi connectivity index (χ2n) is 15.8. The molecule has 0 spiro atoms. The number of alkyl halides is 6. The first kappa shape index (κ1) is 58.3. The summed E-state index contributed by atoms with van der Waals surface area (Å²) >= 11 is 1.97. The number of hydrogen-bond acceptors (Lipinski definition) is 15. The molecule has 0 N–H and O–H groups in total. The van der Waals surface area contributed by atoms with Crippen molar-refractivity contribution >= 4 is 39.8 Å². The number of hydrogen-bond donors (Lipinski definition) is 0. The predicted octanol–water partition coefficient (Wildman–Crippen LogP) is 10.2. The number of carbonyl (C=O) groups is 1. The second kappa shape index (κ2) is 29.4. The molecule has 0 saturated heterocycles. The van der Waals surface area contributed by atoms with Crippen LogP contribution in [0.5, 0.6) is 17.2 Å². The summed E-state index contributed by atoms with van der Waals surface area (Å²) in [6.07, 6.45) is 1.46. The van der Waals surface area contributed by atoms with Gasteiger partial charge in [0.15, 0.2) is 0 Å². The van der Waals surface area contributed by atoms with Gasteiger partial charge in [0.2, 0.25) is 0 Å². The highest BCUT2D eigenvalue weighted by atomic mass is 32.1. The third-order valence-corrected chi connectivity index (χ3v) is 12.9. The van der Waals surface area contributed by atoms with Crippen LogP contribution in [0, 0.1) is 13.8 Å². The summed E-state index contributed by atoms with van der Waals surface area (Å²) in [6.45, 7) is 11.8. The quantitative estimate of drug-likeness (QED) is 0.0186. The number of carbonyl (C=O) groups excluding carboxylic acids is 1. The van der Waals surface area contributed by atoms with Gasteiger partial charge in [-0.05, 0) is 84.6 Å². The van der Waals surface area contributed by atoms with Crippen LogP contribution in [0.4, 0.5) is 26.3 Å². The van der Waals surface area contributed by atoms with E-state index in [1.54, 1.807) is 56.7 Å². The van der Waals surface area contributed by atoms with Gasteiger partial charge in [0, 0.05) is 63.4 Å². The lowest BCUT2D eigenvalue weighted by Crippen LogP contribution is -2.48. The molecule has 0 bridgehead atoms. The number of methoxy groups -OCH3 is 2. The van der Waals surface area contributed by atoms with Crippen molar-refractivity contribution in [2.24, 2.45) is 0 Å². The summed E-state index contributed by atoms with van der Waals surface area (Å²) in [5.74, 6) is -15.8. The molecule has 2 aromatic carbocycles. The zero-order valence-corrected chi connectivity index (χ0v) is 42.4. The van der Waals surface area contributed by atoms with Crippen molar-refractivity contribution in [2.75, 3.05) is 133 Å². The molecule has 21 heteroatoms. The molecule has 0 saturated carbocycles. The van der Waals surface area contributed by atoms with Crippen LogP contribution in [0.15, 0.2) is 67.3 Å². The Balaban J connectivity index is 1.34. The zero-order chi connectivity index (χ0) is 52.0. The maximum Gasteiger partial charge on any atom is 0.380 e. The number of ether oxygens (including phenoxy) is 12. The van der Waals surface area contributed by atoms with Crippen molar-refractivity contribution < 1.29 is 88.0 Å². The van der Waals surface area contributed by atoms with Crippen molar-refractivity contribution in [1.29, 1.82) is 0 Å². The first-order valence-electron chi connectivity index (χ1n) is 23.1. The maximum atomic E-state index is 16.2. The Bertz CT molecular complexity index is 2270. The average Bonchev–Trinajstić information content (AvgIpc) is 3.97. The Morgan fingerprint density at radius 3 is 1.31 bits per heavy atom. The van der Waals surface area contributed by atoms with Crippen molar-refractivity contribution in [1.82, 2.24) is 0 Å². The van der Waals surface area contributed by atoms with Crippen LogP contribution in [0.2, 0.25) is 0 Å². The third-order valence-electron chi connectivity index (χ3n) is 10.7. The molecule has 4 aromatic rings. The van der Waals surface area contributed by atoms with Crippen molar-refractivity contribution in [3.8, 4) is 38.1 Å². The van der Waals surface area contributed by atoms with Gasteiger partial charge in [-0.1, -0.05) is 6.58 Å². The molecule has 5 rings (SSSR count). The van der Waals surface area contributed by atoms with Gasteiger partial charge >= 0.3 is 23.7 Å². The molecule has 72 heavy (non-hydrogen) atoms. The summed E-state index contributed by atoms with van der Waals surface area (Å²) in [7, 11) is 3.18. The monoisotopic (exact) mass is 1060 g/mol. The fourth-order valence-corrected chi connectivity index (χ4v) is 9.10. The standard InChI is InChI=1S/C51H62F6O13S2/c1-6-46(58)70-13-7-12-67-39-10-8-37(9-11-39)44-33-42(35(2)71-44)47-48(50(54,55)51(56,57)49(47,52)53)43-34-45(72-36(43)3)38-30-40(68-28-26-65-24-22-63-20-18-61-16-14-59-4)32-41(31-38)69-29-27-66-25-23-64-21-19-62-17-15-60-5/h6,8-11,30-34H,1,7,12-29H2,2-5H3. The van der Waals surface area contributed by atoms with E-state index in [1.807, 2.05) is 0 Å². The minimum Gasteiger partial charge on any atom is -0.493 e. The van der Waals surface area contributed by atoms with E-state index in [4.69, 9.17) is 56.8 Å². The molecule has 1 aliphatic carbocycles. The van der Waals surface area contributed by atoms with E-state index in [0.717, 1.165) is 28.7 Å². The lowest BCUT2D eigenvalue weighted by atomic mass is 9.94. The normalized spacial score (nSPS) is 14.8. The van der Waals surface area contributed by atoms with Crippen LogP contribution >= 0.6 is 22.7 Å². The van der Waals surface area contributed by atoms with Gasteiger partial charge < -0.3 is 56.8 Å². The summed E-state index contributed by atoms with van der Waals surface area (Å²) in [5.41, 5.74) is -2.83. The fourth-order valence-electron chi connectivity index (χ4n) is 7.06. The fraction of sp³-hybridized carbons (Fsp3) is 0.510. The molecule has 0 unspecified atom stereocenters. The molecular formula is C51H62F6O13S2. The van der Waals surface area contributed by atoms with Crippen molar-refractivity contribution in [2.45, 2.75) is 38.0 Å². The first-order chi connectivity index (χ1) is 34.7.